The molecule has 1 rings (SSSR count). The maximum Gasteiger partial charge on any atom is 0.00924 e. The van der Waals surface area contributed by atoms with Crippen LogP contribution >= 0.6 is 0 Å². The van der Waals surface area contributed by atoms with Gasteiger partial charge in [0.05, 0.1) is 0 Å². The third kappa shape index (κ3) is 6.13. The van der Waals surface area contributed by atoms with Gasteiger partial charge in [0, 0.05) is 6.04 Å². The van der Waals surface area contributed by atoms with E-state index < -0.39 is 0 Å². The Morgan fingerprint density at radius 2 is 1.75 bits per heavy atom. The van der Waals surface area contributed by atoms with E-state index >= 15 is 0 Å². The SMILES string of the molecule is CCC1CCC(N(C)CCCC(CCN)C(C)C)CC1. The second kappa shape index (κ2) is 9.78. The molecule has 0 heterocycles. The van der Waals surface area contributed by atoms with Crippen molar-refractivity contribution in [2.45, 2.75) is 78.2 Å². The minimum atomic E-state index is 0.781. The Balaban J connectivity index is 2.20. The lowest BCUT2D eigenvalue weighted by Gasteiger charge is -2.34. The first-order chi connectivity index (χ1) is 9.58. The number of rotatable bonds is 9. The maximum atomic E-state index is 5.73. The molecule has 120 valence electrons. The molecule has 0 aromatic rings. The summed E-state index contributed by atoms with van der Waals surface area (Å²) in [5.74, 6) is 2.61. The minimum absolute atomic E-state index is 0.781. The van der Waals surface area contributed by atoms with Crippen LogP contribution in [0.1, 0.15) is 72.1 Å². The summed E-state index contributed by atoms with van der Waals surface area (Å²) in [6.45, 7) is 9.15. The Labute approximate surface area is 127 Å². The van der Waals surface area contributed by atoms with Gasteiger partial charge in [0.25, 0.3) is 0 Å². The van der Waals surface area contributed by atoms with E-state index in [9.17, 15) is 0 Å². The van der Waals surface area contributed by atoms with Gasteiger partial charge >= 0.3 is 0 Å². The van der Waals surface area contributed by atoms with Gasteiger partial charge in [-0.2, -0.15) is 0 Å². The Kier molecular flexibility index (Phi) is 8.79. The van der Waals surface area contributed by atoms with E-state index in [1.807, 2.05) is 0 Å². The quantitative estimate of drug-likeness (QED) is 0.683. The number of nitrogens with zero attached hydrogens (tertiary/aromatic N) is 1. The van der Waals surface area contributed by atoms with Crippen LogP contribution in [0.2, 0.25) is 0 Å². The van der Waals surface area contributed by atoms with Crippen molar-refractivity contribution in [1.29, 1.82) is 0 Å². The van der Waals surface area contributed by atoms with Crippen molar-refractivity contribution in [2.75, 3.05) is 20.1 Å². The van der Waals surface area contributed by atoms with E-state index in [1.54, 1.807) is 0 Å². The van der Waals surface area contributed by atoms with Crippen molar-refractivity contribution in [1.82, 2.24) is 4.90 Å². The van der Waals surface area contributed by atoms with E-state index in [0.29, 0.717) is 0 Å². The van der Waals surface area contributed by atoms with Gasteiger partial charge in [0.15, 0.2) is 0 Å². The van der Waals surface area contributed by atoms with Gasteiger partial charge in [0.2, 0.25) is 0 Å². The third-order valence-corrected chi connectivity index (χ3v) is 5.58. The van der Waals surface area contributed by atoms with Crippen LogP contribution in [0.4, 0.5) is 0 Å². The molecule has 0 bridgehead atoms. The molecular weight excluding hydrogens is 244 g/mol. The second-order valence-electron chi connectivity index (χ2n) is 7.29. The maximum absolute atomic E-state index is 5.73. The topological polar surface area (TPSA) is 29.3 Å². The highest BCUT2D eigenvalue weighted by atomic mass is 15.1. The van der Waals surface area contributed by atoms with Gasteiger partial charge in [0.1, 0.15) is 0 Å². The minimum Gasteiger partial charge on any atom is -0.330 e. The predicted octanol–water partition coefficient (Wildman–Crippen LogP) is 4.29. The molecule has 20 heavy (non-hydrogen) atoms. The summed E-state index contributed by atoms with van der Waals surface area (Å²) in [5.41, 5.74) is 5.73. The molecular formula is C18H38N2. The summed E-state index contributed by atoms with van der Waals surface area (Å²) in [7, 11) is 2.34. The normalized spacial score (nSPS) is 25.4. The Hall–Kier alpha value is -0.0800. The van der Waals surface area contributed by atoms with E-state index in [4.69, 9.17) is 5.73 Å². The Bertz CT molecular complexity index is 232. The van der Waals surface area contributed by atoms with Gasteiger partial charge < -0.3 is 10.6 Å². The first-order valence-corrected chi connectivity index (χ1v) is 8.98. The fraction of sp³-hybridized carbons (Fsp3) is 1.00. The van der Waals surface area contributed by atoms with Gasteiger partial charge in [-0.25, -0.2) is 0 Å². The largest absolute Gasteiger partial charge is 0.330 e. The van der Waals surface area contributed by atoms with Crippen LogP contribution < -0.4 is 5.73 Å². The van der Waals surface area contributed by atoms with Crippen molar-refractivity contribution >= 4 is 0 Å². The highest BCUT2D eigenvalue weighted by molar-refractivity contribution is 4.78. The fourth-order valence-electron chi connectivity index (χ4n) is 3.80. The second-order valence-corrected chi connectivity index (χ2v) is 7.29. The highest BCUT2D eigenvalue weighted by Gasteiger charge is 2.23. The number of hydrogen-bond acceptors (Lipinski definition) is 2. The molecule has 2 heteroatoms. The molecule has 1 unspecified atom stereocenters. The molecule has 1 aliphatic carbocycles. The van der Waals surface area contributed by atoms with Gasteiger partial charge in [-0.05, 0) is 82.8 Å². The molecule has 0 aromatic heterocycles. The molecule has 1 fully saturated rings. The van der Waals surface area contributed by atoms with Crippen molar-refractivity contribution in [2.24, 2.45) is 23.5 Å². The van der Waals surface area contributed by atoms with Crippen molar-refractivity contribution in [3.63, 3.8) is 0 Å². The predicted molar refractivity (Wildman–Crippen MR) is 89.9 cm³/mol. The Morgan fingerprint density at radius 3 is 2.25 bits per heavy atom. The van der Waals surface area contributed by atoms with Gasteiger partial charge in [-0.3, -0.25) is 0 Å². The molecule has 0 saturated heterocycles. The standard InChI is InChI=1S/C18H38N2/c1-5-16-8-10-18(11-9-16)20(4)14-6-7-17(12-13-19)15(2)3/h15-18H,5-14,19H2,1-4H3. The molecule has 0 aromatic carbocycles. The molecule has 1 atom stereocenters. The zero-order valence-electron chi connectivity index (χ0n) is 14.4. The lowest BCUT2D eigenvalue weighted by Crippen LogP contribution is -2.36. The molecule has 1 aliphatic rings. The zero-order valence-corrected chi connectivity index (χ0v) is 14.4. The number of nitrogens with two attached hydrogens (primary N) is 1. The lowest BCUT2D eigenvalue weighted by atomic mass is 9.84. The van der Waals surface area contributed by atoms with Gasteiger partial charge in [-0.15, -0.1) is 0 Å². The molecule has 2 nitrogen and oxygen atoms in total. The highest BCUT2D eigenvalue weighted by Crippen LogP contribution is 2.29. The Morgan fingerprint density at radius 1 is 1.10 bits per heavy atom. The smallest absolute Gasteiger partial charge is 0.00924 e. The average Bonchev–Trinajstić information content (AvgIpc) is 2.46. The lowest BCUT2D eigenvalue weighted by molar-refractivity contribution is 0.157. The summed E-state index contributed by atoms with van der Waals surface area (Å²) in [6.07, 6.45) is 11.0. The van der Waals surface area contributed by atoms with Crippen LogP contribution in [-0.4, -0.2) is 31.1 Å². The number of hydrogen-bond donors (Lipinski definition) is 1. The average molecular weight is 283 g/mol. The van der Waals surface area contributed by atoms with Crippen molar-refractivity contribution < 1.29 is 0 Å². The first-order valence-electron chi connectivity index (χ1n) is 8.98. The zero-order chi connectivity index (χ0) is 15.0. The van der Waals surface area contributed by atoms with E-state index in [1.165, 1.54) is 57.9 Å². The summed E-state index contributed by atoms with van der Waals surface area (Å²) in [5, 5.41) is 0. The summed E-state index contributed by atoms with van der Waals surface area (Å²) in [6, 6.07) is 0.852. The van der Waals surface area contributed by atoms with E-state index in [0.717, 1.165) is 30.3 Å². The van der Waals surface area contributed by atoms with Crippen LogP contribution in [-0.2, 0) is 0 Å². The van der Waals surface area contributed by atoms with Crippen molar-refractivity contribution in [3.8, 4) is 0 Å². The summed E-state index contributed by atoms with van der Waals surface area (Å²) >= 11 is 0. The summed E-state index contributed by atoms with van der Waals surface area (Å²) in [4.78, 5) is 2.63. The summed E-state index contributed by atoms with van der Waals surface area (Å²) < 4.78 is 0. The van der Waals surface area contributed by atoms with Crippen LogP contribution in [0.25, 0.3) is 0 Å². The van der Waals surface area contributed by atoms with Crippen LogP contribution in [0.5, 0.6) is 0 Å². The van der Waals surface area contributed by atoms with Gasteiger partial charge in [-0.1, -0.05) is 27.2 Å². The third-order valence-electron chi connectivity index (χ3n) is 5.58. The van der Waals surface area contributed by atoms with Crippen LogP contribution in [0.15, 0.2) is 0 Å². The molecule has 0 aliphatic heterocycles. The molecule has 0 radical (unpaired) electrons. The molecule has 2 N–H and O–H groups in total. The molecule has 1 saturated carbocycles. The molecule has 0 amide bonds. The molecule has 0 spiro atoms. The van der Waals surface area contributed by atoms with Crippen LogP contribution in [0, 0.1) is 17.8 Å². The first kappa shape index (κ1) is 18.0. The van der Waals surface area contributed by atoms with E-state index in [2.05, 4.69) is 32.7 Å². The fourth-order valence-corrected chi connectivity index (χ4v) is 3.80. The van der Waals surface area contributed by atoms with Crippen LogP contribution in [0.3, 0.4) is 0 Å². The van der Waals surface area contributed by atoms with E-state index in [-0.39, 0.29) is 0 Å². The monoisotopic (exact) mass is 282 g/mol. The van der Waals surface area contributed by atoms with Crippen molar-refractivity contribution in [3.05, 3.63) is 0 Å².